The summed E-state index contributed by atoms with van der Waals surface area (Å²) in [5.74, 6) is 6.24. The average molecular weight is 179 g/mol. The summed E-state index contributed by atoms with van der Waals surface area (Å²) in [5.41, 5.74) is 0. The van der Waals surface area contributed by atoms with Gasteiger partial charge >= 0.3 is 0 Å². The van der Waals surface area contributed by atoms with E-state index in [-0.39, 0.29) is 0 Å². The zero-order valence-corrected chi connectivity index (χ0v) is 8.47. The van der Waals surface area contributed by atoms with E-state index in [1.165, 1.54) is 6.42 Å². The Bertz CT molecular complexity index is 236. The fourth-order valence-electron chi connectivity index (χ4n) is 1.85. The summed E-state index contributed by atoms with van der Waals surface area (Å²) in [4.78, 5) is 13.3. The van der Waals surface area contributed by atoms with Crippen LogP contribution in [0, 0.1) is 11.8 Å². The first-order valence-corrected chi connectivity index (χ1v) is 4.87. The van der Waals surface area contributed by atoms with E-state index in [0.717, 1.165) is 19.5 Å². The van der Waals surface area contributed by atoms with Crippen molar-refractivity contribution in [1.29, 1.82) is 0 Å². The topological polar surface area (TPSA) is 20.3 Å². The molecule has 1 rings (SSSR count). The van der Waals surface area contributed by atoms with Gasteiger partial charge in [0.15, 0.2) is 0 Å². The minimum Gasteiger partial charge on any atom is -0.300 e. The molecule has 0 aromatic carbocycles. The van der Waals surface area contributed by atoms with Gasteiger partial charge in [-0.15, -0.1) is 5.92 Å². The molecule has 1 aliphatic rings. The quantitative estimate of drug-likeness (QED) is 0.611. The second kappa shape index (κ2) is 5.04. The van der Waals surface area contributed by atoms with Crippen LogP contribution in [-0.4, -0.2) is 29.8 Å². The Morgan fingerprint density at radius 2 is 2.38 bits per heavy atom. The van der Waals surface area contributed by atoms with Gasteiger partial charge in [-0.05, 0) is 33.2 Å². The van der Waals surface area contributed by atoms with Crippen molar-refractivity contribution >= 4 is 5.78 Å². The lowest BCUT2D eigenvalue weighted by Gasteiger charge is -2.20. The van der Waals surface area contributed by atoms with Gasteiger partial charge in [0.2, 0.25) is 0 Å². The maximum atomic E-state index is 11.0. The van der Waals surface area contributed by atoms with E-state index in [4.69, 9.17) is 0 Å². The van der Waals surface area contributed by atoms with E-state index < -0.39 is 0 Å². The lowest BCUT2D eigenvalue weighted by atomic mass is 10.1. The van der Waals surface area contributed by atoms with Crippen LogP contribution in [0.5, 0.6) is 0 Å². The Hall–Kier alpha value is -0.810. The lowest BCUT2D eigenvalue weighted by Crippen LogP contribution is -2.31. The van der Waals surface area contributed by atoms with Gasteiger partial charge in [-0.3, -0.25) is 9.69 Å². The molecule has 0 amide bonds. The molecule has 0 spiro atoms. The van der Waals surface area contributed by atoms with E-state index in [0.29, 0.717) is 18.2 Å². The molecule has 72 valence electrons. The Morgan fingerprint density at radius 3 is 3.00 bits per heavy atom. The van der Waals surface area contributed by atoms with Crippen LogP contribution in [0.15, 0.2) is 0 Å². The van der Waals surface area contributed by atoms with E-state index in [2.05, 4.69) is 16.7 Å². The van der Waals surface area contributed by atoms with Crippen molar-refractivity contribution in [2.75, 3.05) is 13.1 Å². The van der Waals surface area contributed by atoms with E-state index >= 15 is 0 Å². The molecule has 1 heterocycles. The Morgan fingerprint density at radius 1 is 1.62 bits per heavy atom. The molecule has 0 N–H and O–H groups in total. The van der Waals surface area contributed by atoms with Gasteiger partial charge < -0.3 is 0 Å². The van der Waals surface area contributed by atoms with Crippen molar-refractivity contribution < 1.29 is 4.79 Å². The molecular weight excluding hydrogens is 162 g/mol. The van der Waals surface area contributed by atoms with Crippen LogP contribution in [-0.2, 0) is 4.79 Å². The first-order chi connectivity index (χ1) is 6.24. The second-order valence-electron chi connectivity index (χ2n) is 3.60. The zero-order chi connectivity index (χ0) is 9.68. The van der Waals surface area contributed by atoms with Gasteiger partial charge in [-0.1, -0.05) is 5.92 Å². The Kier molecular flexibility index (Phi) is 3.98. The van der Waals surface area contributed by atoms with Crippen LogP contribution >= 0.6 is 0 Å². The molecule has 1 unspecified atom stereocenters. The first kappa shape index (κ1) is 10.3. The minimum absolute atomic E-state index is 0.293. The number of carbonyl (C=O) groups is 1. The third-order valence-corrected chi connectivity index (χ3v) is 2.48. The van der Waals surface area contributed by atoms with Crippen LogP contribution in [0.1, 0.15) is 33.1 Å². The summed E-state index contributed by atoms with van der Waals surface area (Å²) in [6.07, 6.45) is 3.07. The summed E-state index contributed by atoms with van der Waals surface area (Å²) in [6.45, 7) is 5.46. The molecule has 13 heavy (non-hydrogen) atoms. The van der Waals surface area contributed by atoms with Gasteiger partial charge in [0.25, 0.3) is 0 Å². The molecule has 2 nitrogen and oxygen atoms in total. The van der Waals surface area contributed by atoms with E-state index in [1.807, 2.05) is 6.92 Å². The highest BCUT2D eigenvalue weighted by Crippen LogP contribution is 2.19. The van der Waals surface area contributed by atoms with Crippen molar-refractivity contribution in [2.24, 2.45) is 0 Å². The van der Waals surface area contributed by atoms with Gasteiger partial charge in [0, 0.05) is 12.5 Å². The summed E-state index contributed by atoms with van der Waals surface area (Å²) in [5, 5.41) is 0. The zero-order valence-electron chi connectivity index (χ0n) is 8.47. The third kappa shape index (κ3) is 3.20. The van der Waals surface area contributed by atoms with Crippen molar-refractivity contribution in [3.8, 4) is 11.8 Å². The highest BCUT2D eigenvalue weighted by Gasteiger charge is 2.24. The van der Waals surface area contributed by atoms with Crippen LogP contribution in [0.25, 0.3) is 0 Å². The molecule has 0 aliphatic carbocycles. The van der Waals surface area contributed by atoms with Gasteiger partial charge in [0.1, 0.15) is 5.78 Å². The normalized spacial score (nSPS) is 22.5. The Balaban J connectivity index is 2.42. The number of nitrogens with zero attached hydrogens (tertiary/aromatic N) is 1. The summed E-state index contributed by atoms with van der Waals surface area (Å²) in [7, 11) is 0. The molecular formula is C11H17NO. The van der Waals surface area contributed by atoms with Crippen molar-refractivity contribution in [2.45, 2.75) is 39.2 Å². The summed E-state index contributed by atoms with van der Waals surface area (Å²) < 4.78 is 0. The number of hydrogen-bond donors (Lipinski definition) is 0. The maximum Gasteiger partial charge on any atom is 0.131 e. The number of carbonyl (C=O) groups excluding carboxylic acids is 1. The first-order valence-electron chi connectivity index (χ1n) is 4.87. The molecule has 2 heteroatoms. The largest absolute Gasteiger partial charge is 0.300 e. The molecule has 0 saturated carbocycles. The predicted molar refractivity (Wildman–Crippen MR) is 53.3 cm³/mol. The molecule has 1 atom stereocenters. The molecule has 1 fully saturated rings. The molecule has 1 saturated heterocycles. The Labute approximate surface area is 80.3 Å². The van der Waals surface area contributed by atoms with Crippen LogP contribution in [0.3, 0.4) is 0 Å². The highest BCUT2D eigenvalue weighted by molar-refractivity contribution is 5.76. The number of likely N-dealkylation sites (tertiary alicyclic amines) is 1. The fourth-order valence-corrected chi connectivity index (χ4v) is 1.85. The van der Waals surface area contributed by atoms with Crippen molar-refractivity contribution in [1.82, 2.24) is 4.90 Å². The minimum atomic E-state index is 0.293. The predicted octanol–water partition coefficient (Wildman–Crippen LogP) is 1.45. The SMILES string of the molecule is CC#CCN1CCCC1CC(C)=O. The van der Waals surface area contributed by atoms with Crippen LogP contribution < -0.4 is 0 Å². The molecule has 1 aliphatic heterocycles. The van der Waals surface area contributed by atoms with Crippen LogP contribution in [0.4, 0.5) is 0 Å². The molecule has 0 bridgehead atoms. The molecule has 0 aromatic heterocycles. The third-order valence-electron chi connectivity index (χ3n) is 2.48. The standard InChI is InChI=1S/C11H17NO/c1-3-4-7-12-8-5-6-11(12)9-10(2)13/h11H,5-9H2,1-2H3. The second-order valence-corrected chi connectivity index (χ2v) is 3.60. The summed E-state index contributed by atoms with van der Waals surface area (Å²) in [6, 6.07) is 0.457. The number of ketones is 1. The van der Waals surface area contributed by atoms with Gasteiger partial charge in [-0.25, -0.2) is 0 Å². The highest BCUT2D eigenvalue weighted by atomic mass is 16.1. The monoisotopic (exact) mass is 179 g/mol. The smallest absolute Gasteiger partial charge is 0.131 e. The van der Waals surface area contributed by atoms with Crippen molar-refractivity contribution in [3.05, 3.63) is 0 Å². The lowest BCUT2D eigenvalue weighted by molar-refractivity contribution is -0.117. The molecule has 0 radical (unpaired) electrons. The number of Topliss-reactive ketones (excluding diaryl/α,β-unsaturated/α-hetero) is 1. The van der Waals surface area contributed by atoms with Crippen LogP contribution in [0.2, 0.25) is 0 Å². The van der Waals surface area contributed by atoms with Gasteiger partial charge in [0.05, 0.1) is 6.54 Å². The van der Waals surface area contributed by atoms with E-state index in [9.17, 15) is 4.79 Å². The van der Waals surface area contributed by atoms with E-state index in [1.54, 1.807) is 6.92 Å². The average Bonchev–Trinajstić information content (AvgIpc) is 2.48. The number of hydrogen-bond acceptors (Lipinski definition) is 2. The maximum absolute atomic E-state index is 11.0. The number of rotatable bonds is 3. The summed E-state index contributed by atoms with van der Waals surface area (Å²) >= 11 is 0. The van der Waals surface area contributed by atoms with Crippen molar-refractivity contribution in [3.63, 3.8) is 0 Å². The molecule has 0 aromatic rings. The van der Waals surface area contributed by atoms with Gasteiger partial charge in [-0.2, -0.15) is 0 Å². The fraction of sp³-hybridized carbons (Fsp3) is 0.727.